The second-order valence-corrected chi connectivity index (χ2v) is 5.68. The van der Waals surface area contributed by atoms with Crippen LogP contribution in [0.4, 0.5) is 32.0 Å². The zero-order chi connectivity index (χ0) is 20.5. The highest BCUT2D eigenvalue weighted by Crippen LogP contribution is 2.37. The van der Waals surface area contributed by atoms with E-state index in [2.05, 4.69) is 5.10 Å². The van der Waals surface area contributed by atoms with Crippen LogP contribution in [0.25, 0.3) is 5.69 Å². The number of benzene rings is 2. The van der Waals surface area contributed by atoms with Crippen molar-refractivity contribution in [2.24, 2.45) is 0 Å². The maximum atomic E-state index is 13.4. The number of hydrogen-bond donors (Lipinski definition) is 1. The summed E-state index contributed by atoms with van der Waals surface area (Å²) in [6.45, 7) is 0. The molecule has 1 heterocycles. The second-order valence-electron chi connectivity index (χ2n) is 5.68. The minimum atomic E-state index is -4.85. The minimum Gasteiger partial charge on any atom is -0.321 e. The summed E-state index contributed by atoms with van der Waals surface area (Å²) < 4.78 is 80.6. The summed E-state index contributed by atoms with van der Waals surface area (Å²) in [5.41, 5.74) is -3.82. The van der Waals surface area contributed by atoms with Crippen molar-refractivity contribution in [2.75, 3.05) is 5.32 Å². The van der Waals surface area contributed by atoms with Crippen molar-refractivity contribution >= 4 is 11.6 Å². The monoisotopic (exact) mass is 399 g/mol. The predicted molar refractivity (Wildman–Crippen MR) is 88.0 cm³/mol. The largest absolute Gasteiger partial charge is 0.418 e. The summed E-state index contributed by atoms with van der Waals surface area (Å²) in [4.78, 5) is 12.3. The molecule has 146 valence electrons. The van der Waals surface area contributed by atoms with Crippen molar-refractivity contribution in [1.29, 1.82) is 0 Å². The molecule has 0 saturated carbocycles. The van der Waals surface area contributed by atoms with Crippen LogP contribution < -0.4 is 5.32 Å². The quantitative estimate of drug-likeness (QED) is 0.619. The Balaban J connectivity index is 2.00. The van der Waals surface area contributed by atoms with E-state index in [0.717, 1.165) is 24.3 Å². The van der Waals surface area contributed by atoms with Crippen LogP contribution in [0.5, 0.6) is 0 Å². The summed E-state index contributed by atoms with van der Waals surface area (Å²) in [6.07, 6.45) is -6.88. The van der Waals surface area contributed by atoms with Gasteiger partial charge in [-0.25, -0.2) is 4.68 Å². The Hall–Kier alpha value is -3.30. The van der Waals surface area contributed by atoms with Gasteiger partial charge in [-0.1, -0.05) is 12.1 Å². The lowest BCUT2D eigenvalue weighted by molar-refractivity contribution is -0.138. The number of rotatable bonds is 3. The Morgan fingerprint density at radius 3 is 2.18 bits per heavy atom. The van der Waals surface area contributed by atoms with E-state index in [4.69, 9.17) is 0 Å². The molecule has 0 aliphatic carbocycles. The lowest BCUT2D eigenvalue weighted by Gasteiger charge is -2.17. The van der Waals surface area contributed by atoms with Gasteiger partial charge in [0, 0.05) is 12.4 Å². The third-order valence-corrected chi connectivity index (χ3v) is 3.80. The molecule has 10 heteroatoms. The van der Waals surface area contributed by atoms with Gasteiger partial charge < -0.3 is 5.32 Å². The van der Waals surface area contributed by atoms with Gasteiger partial charge in [0.1, 0.15) is 0 Å². The molecule has 3 rings (SSSR count). The van der Waals surface area contributed by atoms with Gasteiger partial charge in [-0.2, -0.15) is 31.4 Å². The van der Waals surface area contributed by atoms with Gasteiger partial charge in [-0.3, -0.25) is 4.79 Å². The van der Waals surface area contributed by atoms with Gasteiger partial charge in [-0.05, 0) is 36.4 Å². The number of amides is 1. The Labute approximate surface area is 154 Å². The van der Waals surface area contributed by atoms with Crippen LogP contribution in [0, 0.1) is 0 Å². The third-order valence-electron chi connectivity index (χ3n) is 3.80. The topological polar surface area (TPSA) is 46.9 Å². The number of nitrogens with one attached hydrogen (secondary N) is 1. The Morgan fingerprint density at radius 1 is 0.893 bits per heavy atom. The predicted octanol–water partition coefficient (Wildman–Crippen LogP) is 5.16. The fraction of sp³-hybridized carbons (Fsp3) is 0.111. The van der Waals surface area contributed by atoms with Crippen molar-refractivity contribution in [3.63, 3.8) is 0 Å². The van der Waals surface area contributed by atoms with Gasteiger partial charge in [-0.15, -0.1) is 0 Å². The standard InChI is InChI=1S/C18H11F6N3O/c19-17(20,21)13-5-2-1-4-12(13)16(28)26-15-7-6-11(27-9-3-8-25-27)10-14(15)18(22,23)24/h1-10H,(H,26,28). The van der Waals surface area contributed by atoms with Crippen LogP contribution in [-0.2, 0) is 12.4 Å². The highest BCUT2D eigenvalue weighted by Gasteiger charge is 2.37. The SMILES string of the molecule is O=C(Nc1ccc(-n2cccn2)cc1C(F)(F)F)c1ccccc1C(F)(F)F. The molecule has 2 aromatic carbocycles. The van der Waals surface area contributed by atoms with Crippen LogP contribution >= 0.6 is 0 Å². The van der Waals surface area contributed by atoms with E-state index in [0.29, 0.717) is 6.07 Å². The highest BCUT2D eigenvalue weighted by atomic mass is 19.4. The maximum absolute atomic E-state index is 13.4. The third kappa shape index (κ3) is 4.00. The number of nitrogens with zero attached hydrogens (tertiary/aromatic N) is 2. The number of carbonyl (C=O) groups excluding carboxylic acids is 1. The van der Waals surface area contributed by atoms with Crippen LogP contribution in [-0.4, -0.2) is 15.7 Å². The van der Waals surface area contributed by atoms with E-state index in [9.17, 15) is 31.1 Å². The second kappa shape index (κ2) is 7.02. The number of anilines is 1. The first kappa shape index (κ1) is 19.5. The minimum absolute atomic E-state index is 0.0750. The first-order chi connectivity index (χ1) is 13.1. The molecule has 28 heavy (non-hydrogen) atoms. The zero-order valence-corrected chi connectivity index (χ0v) is 13.8. The first-order valence-corrected chi connectivity index (χ1v) is 7.76. The molecule has 0 saturated heterocycles. The van der Waals surface area contributed by atoms with Crippen LogP contribution in [0.15, 0.2) is 60.9 Å². The van der Waals surface area contributed by atoms with E-state index in [1.54, 1.807) is 0 Å². The maximum Gasteiger partial charge on any atom is 0.418 e. The molecule has 3 aromatic rings. The fourth-order valence-electron chi connectivity index (χ4n) is 2.56. The van der Waals surface area contributed by atoms with Crippen molar-refractivity contribution in [1.82, 2.24) is 9.78 Å². The number of halogens is 6. The number of alkyl halides is 6. The lowest BCUT2D eigenvalue weighted by Crippen LogP contribution is -2.21. The van der Waals surface area contributed by atoms with E-state index in [1.807, 2.05) is 5.32 Å². The molecule has 0 radical (unpaired) electrons. The van der Waals surface area contributed by atoms with E-state index in [-0.39, 0.29) is 5.69 Å². The van der Waals surface area contributed by atoms with Crippen LogP contribution in [0.1, 0.15) is 21.5 Å². The van der Waals surface area contributed by atoms with Crippen molar-refractivity contribution in [2.45, 2.75) is 12.4 Å². The number of hydrogen-bond acceptors (Lipinski definition) is 2. The summed E-state index contributed by atoms with van der Waals surface area (Å²) in [5.74, 6) is -1.30. The van der Waals surface area contributed by atoms with Crippen molar-refractivity contribution < 1.29 is 31.1 Å². The zero-order valence-electron chi connectivity index (χ0n) is 13.8. The van der Waals surface area contributed by atoms with E-state index < -0.39 is 40.6 Å². The van der Waals surface area contributed by atoms with E-state index in [1.165, 1.54) is 35.3 Å². The van der Waals surface area contributed by atoms with Crippen LogP contribution in [0.3, 0.4) is 0 Å². The van der Waals surface area contributed by atoms with Crippen molar-refractivity contribution in [3.05, 3.63) is 77.6 Å². The molecule has 1 N–H and O–H groups in total. The average molecular weight is 399 g/mol. The Morgan fingerprint density at radius 2 is 1.57 bits per heavy atom. The number of aromatic nitrogens is 2. The molecule has 0 spiro atoms. The summed E-state index contributed by atoms with van der Waals surface area (Å²) in [5, 5.41) is 5.75. The molecule has 0 fully saturated rings. The average Bonchev–Trinajstić information content (AvgIpc) is 3.15. The molecule has 0 atom stereocenters. The summed E-state index contributed by atoms with van der Waals surface area (Å²) in [6, 6.07) is 8.33. The molecule has 0 unspecified atom stereocenters. The molecule has 0 aliphatic heterocycles. The Kier molecular flexibility index (Phi) is 4.88. The summed E-state index contributed by atoms with van der Waals surface area (Å²) >= 11 is 0. The molecule has 1 amide bonds. The molecule has 0 aliphatic rings. The van der Waals surface area contributed by atoms with Crippen molar-refractivity contribution in [3.8, 4) is 5.69 Å². The van der Waals surface area contributed by atoms with Gasteiger partial charge in [0.05, 0.1) is 28.1 Å². The smallest absolute Gasteiger partial charge is 0.321 e. The lowest BCUT2D eigenvalue weighted by atomic mass is 10.1. The normalized spacial score (nSPS) is 12.1. The van der Waals surface area contributed by atoms with Crippen LogP contribution in [0.2, 0.25) is 0 Å². The van der Waals surface area contributed by atoms with Gasteiger partial charge in [0.25, 0.3) is 5.91 Å². The molecule has 4 nitrogen and oxygen atoms in total. The van der Waals surface area contributed by atoms with Gasteiger partial charge in [0.15, 0.2) is 0 Å². The molecular formula is C18H11F6N3O. The summed E-state index contributed by atoms with van der Waals surface area (Å²) in [7, 11) is 0. The molecule has 0 bridgehead atoms. The van der Waals surface area contributed by atoms with Gasteiger partial charge in [0.2, 0.25) is 0 Å². The molecule has 1 aromatic heterocycles. The number of carbonyl (C=O) groups is 1. The van der Waals surface area contributed by atoms with E-state index >= 15 is 0 Å². The van der Waals surface area contributed by atoms with Gasteiger partial charge >= 0.3 is 12.4 Å². The Bertz CT molecular complexity index is 993. The first-order valence-electron chi connectivity index (χ1n) is 7.76. The molecular weight excluding hydrogens is 388 g/mol. The fourth-order valence-corrected chi connectivity index (χ4v) is 2.56. The highest BCUT2D eigenvalue weighted by molar-refractivity contribution is 6.05.